The Balaban J connectivity index is 1.09. The average Bonchev–Trinajstić information content (AvgIpc) is 3.79. The molecule has 2 aliphatic carbocycles. The summed E-state index contributed by atoms with van der Waals surface area (Å²) in [5, 5.41) is 9.12. The second-order valence-electron chi connectivity index (χ2n) is 12.4. The van der Waals surface area contributed by atoms with Gasteiger partial charge in [0.25, 0.3) is 5.91 Å². The van der Waals surface area contributed by atoms with Crippen molar-refractivity contribution in [2.24, 2.45) is 34.7 Å². The number of primary sulfonamides is 1. The summed E-state index contributed by atoms with van der Waals surface area (Å²) in [5.41, 5.74) is 1.68. The Hall–Kier alpha value is -3.95. The number of aromatic amines is 1. The van der Waals surface area contributed by atoms with E-state index in [1.807, 2.05) is 12.1 Å². The third-order valence-electron chi connectivity index (χ3n) is 9.89. The summed E-state index contributed by atoms with van der Waals surface area (Å²) >= 11 is 8.82. The molecule has 1 aromatic heterocycles. The fraction of sp³-hybridized carbons (Fsp3) is 0.273. The van der Waals surface area contributed by atoms with Crippen LogP contribution in [0, 0.1) is 29.6 Å². The van der Waals surface area contributed by atoms with E-state index in [0.717, 1.165) is 33.2 Å². The van der Waals surface area contributed by atoms with Gasteiger partial charge in [-0.1, -0.05) is 41.1 Å². The normalized spacial score (nSPS) is 27.0. The third kappa shape index (κ3) is 5.08. The van der Waals surface area contributed by atoms with Crippen LogP contribution in [0.1, 0.15) is 22.8 Å². The van der Waals surface area contributed by atoms with E-state index < -0.39 is 27.8 Å². The number of benzene rings is 3. The standard InChI is InChI=1S/C33H27ClN4O7S3/c34-15-5-9-17(10-6-15)38-31(40)26-20-13-21(27(26)32(38)41)28-25(20)24(29-30(46-28)37-33(42)47-29)19-3-1-2-4-22(19)45-14-23(39)36-16-7-11-18(12-8-16)48(35,43)44/h1-12,20-21,24-28H,13-14H2,(H,36,39)(H,37,42)(H2,35,43,44)/t20?,21?,24-,25?,26?,27?,28?/m1/s1. The summed E-state index contributed by atoms with van der Waals surface area (Å²) in [6, 6.07) is 19.6. The fourth-order valence-corrected chi connectivity index (χ4v) is 11.7. The van der Waals surface area contributed by atoms with Gasteiger partial charge in [-0.25, -0.2) is 13.6 Å². The number of sulfonamides is 1. The Morgan fingerprint density at radius 2 is 1.67 bits per heavy atom. The highest BCUT2D eigenvalue weighted by molar-refractivity contribution is 8.00. The highest BCUT2D eigenvalue weighted by atomic mass is 35.5. The van der Waals surface area contributed by atoms with Crippen LogP contribution in [-0.2, 0) is 24.4 Å². The summed E-state index contributed by atoms with van der Waals surface area (Å²) in [5.74, 6) is -1.80. The van der Waals surface area contributed by atoms with Gasteiger partial charge in [-0.3, -0.25) is 24.1 Å². The Labute approximate surface area is 287 Å². The second-order valence-corrected chi connectivity index (χ2v) is 16.6. The number of carbonyl (C=O) groups excluding carboxylic acids is 3. The SMILES string of the molecule is NS(=O)(=O)c1ccc(NC(=O)COc2ccccc2[C@H]2c3sc(=O)[nH]c3SC3C4CC(C5C(=O)N(c6ccc(Cl)cc6)C(=O)C45)C32)cc1. The lowest BCUT2D eigenvalue weighted by molar-refractivity contribution is -0.123. The zero-order valence-electron chi connectivity index (χ0n) is 24.9. The van der Waals surface area contributed by atoms with E-state index in [1.165, 1.54) is 29.2 Å². The van der Waals surface area contributed by atoms with Gasteiger partial charge in [-0.2, -0.15) is 0 Å². The first-order valence-electron chi connectivity index (χ1n) is 15.2. The van der Waals surface area contributed by atoms with E-state index in [4.69, 9.17) is 21.5 Å². The Morgan fingerprint density at radius 3 is 2.38 bits per heavy atom. The first-order chi connectivity index (χ1) is 23.0. The van der Waals surface area contributed by atoms with E-state index in [9.17, 15) is 27.6 Å². The maximum Gasteiger partial charge on any atom is 0.305 e. The molecule has 4 aromatic rings. The number of nitrogens with one attached hydrogen (secondary N) is 2. The molecule has 3 aromatic carbocycles. The lowest BCUT2D eigenvalue weighted by Crippen LogP contribution is -2.42. The molecule has 3 fully saturated rings. The molecular weight excluding hydrogens is 696 g/mol. The van der Waals surface area contributed by atoms with Gasteiger partial charge < -0.3 is 15.0 Å². The number of rotatable bonds is 7. The van der Waals surface area contributed by atoms with Crippen molar-refractivity contribution in [2.45, 2.75) is 27.5 Å². The number of anilines is 2. The first-order valence-corrected chi connectivity index (χ1v) is 18.8. The number of H-pyrrole nitrogens is 1. The number of aromatic nitrogens is 1. The van der Waals surface area contributed by atoms with Crippen molar-refractivity contribution in [2.75, 3.05) is 16.8 Å². The van der Waals surface area contributed by atoms with Crippen molar-refractivity contribution in [3.63, 3.8) is 0 Å². The molecule has 2 aliphatic heterocycles. The molecule has 6 unspecified atom stereocenters. The predicted octanol–water partition coefficient (Wildman–Crippen LogP) is 4.43. The molecule has 0 spiro atoms. The number of thiazole rings is 1. The lowest BCUT2D eigenvalue weighted by Gasteiger charge is -2.43. The molecule has 3 amide bonds. The van der Waals surface area contributed by atoms with Gasteiger partial charge in [0, 0.05) is 32.3 Å². The molecule has 8 rings (SSSR count). The van der Waals surface area contributed by atoms with E-state index in [1.54, 1.807) is 48.2 Å². The lowest BCUT2D eigenvalue weighted by atomic mass is 9.68. The van der Waals surface area contributed by atoms with Crippen molar-refractivity contribution in [1.82, 2.24) is 4.98 Å². The average molecular weight is 723 g/mol. The second kappa shape index (κ2) is 11.6. The summed E-state index contributed by atoms with van der Waals surface area (Å²) < 4.78 is 29.2. The number of thioether (sulfide) groups is 1. The number of fused-ring (bicyclic) bond motifs is 9. The fourth-order valence-electron chi connectivity index (χ4n) is 8.15. The molecule has 7 atom stereocenters. The van der Waals surface area contributed by atoms with E-state index in [0.29, 0.717) is 22.1 Å². The smallest absolute Gasteiger partial charge is 0.305 e. The summed E-state index contributed by atoms with van der Waals surface area (Å²) in [6.07, 6.45) is 0.731. The molecule has 15 heteroatoms. The van der Waals surface area contributed by atoms with E-state index in [-0.39, 0.29) is 57.1 Å². The van der Waals surface area contributed by atoms with Crippen LogP contribution in [0.2, 0.25) is 5.02 Å². The molecule has 4 N–H and O–H groups in total. The van der Waals surface area contributed by atoms with Crippen LogP contribution < -0.4 is 25.0 Å². The maximum absolute atomic E-state index is 14.0. The number of nitrogens with two attached hydrogens (primary N) is 1. The molecule has 48 heavy (non-hydrogen) atoms. The molecule has 11 nitrogen and oxygen atoms in total. The summed E-state index contributed by atoms with van der Waals surface area (Å²) in [6.45, 7) is -0.334. The van der Waals surface area contributed by atoms with Crippen LogP contribution in [-0.4, -0.2) is 43.0 Å². The number of nitrogens with zero attached hydrogens (tertiary/aromatic N) is 1. The maximum atomic E-state index is 14.0. The Kier molecular flexibility index (Phi) is 7.56. The highest BCUT2D eigenvalue weighted by Crippen LogP contribution is 2.69. The molecule has 2 saturated carbocycles. The number of hydrogen-bond acceptors (Lipinski definition) is 9. The van der Waals surface area contributed by atoms with Crippen LogP contribution in [0.25, 0.3) is 0 Å². The molecule has 0 radical (unpaired) electrons. The molecule has 246 valence electrons. The van der Waals surface area contributed by atoms with E-state index in [2.05, 4.69) is 10.3 Å². The zero-order valence-corrected chi connectivity index (χ0v) is 28.1. The van der Waals surface area contributed by atoms with Gasteiger partial charge in [0.15, 0.2) is 6.61 Å². The van der Waals surface area contributed by atoms with Crippen molar-refractivity contribution < 1.29 is 27.5 Å². The molecule has 2 bridgehead atoms. The quantitative estimate of drug-likeness (QED) is 0.236. The van der Waals surface area contributed by atoms with E-state index >= 15 is 0 Å². The number of ether oxygens (including phenoxy) is 1. The van der Waals surface area contributed by atoms with Gasteiger partial charge in [0.05, 0.1) is 27.4 Å². The van der Waals surface area contributed by atoms with Gasteiger partial charge in [0.2, 0.25) is 21.8 Å². The zero-order chi connectivity index (χ0) is 33.5. The minimum absolute atomic E-state index is 0.0161. The van der Waals surface area contributed by atoms with Crippen molar-refractivity contribution in [3.05, 3.63) is 97.9 Å². The van der Waals surface area contributed by atoms with Crippen LogP contribution in [0.4, 0.5) is 11.4 Å². The number of halogens is 1. The largest absolute Gasteiger partial charge is 0.483 e. The Bertz CT molecular complexity index is 2150. The Morgan fingerprint density at radius 1 is 0.979 bits per heavy atom. The molecule has 4 aliphatic rings. The minimum Gasteiger partial charge on any atom is -0.483 e. The molecule has 3 heterocycles. The number of amides is 3. The number of carbonyl (C=O) groups is 3. The van der Waals surface area contributed by atoms with Crippen molar-refractivity contribution >= 4 is 73.8 Å². The van der Waals surface area contributed by atoms with Gasteiger partial charge in [-0.05, 0) is 78.8 Å². The first kappa shape index (κ1) is 31.3. The van der Waals surface area contributed by atoms with Gasteiger partial charge in [0.1, 0.15) is 5.75 Å². The van der Waals surface area contributed by atoms with Gasteiger partial charge in [-0.15, -0.1) is 11.8 Å². The predicted molar refractivity (Wildman–Crippen MR) is 181 cm³/mol. The molecule has 1 saturated heterocycles. The van der Waals surface area contributed by atoms with Crippen molar-refractivity contribution in [3.8, 4) is 5.75 Å². The number of imide groups is 1. The minimum atomic E-state index is -3.87. The van der Waals surface area contributed by atoms with Crippen molar-refractivity contribution in [1.29, 1.82) is 0 Å². The van der Waals surface area contributed by atoms with Crippen LogP contribution in [0.15, 0.2) is 87.5 Å². The molecular formula is C33H27ClN4O7S3. The van der Waals surface area contributed by atoms with Crippen LogP contribution >= 0.6 is 34.7 Å². The summed E-state index contributed by atoms with van der Waals surface area (Å²) in [7, 11) is -3.87. The third-order valence-corrected chi connectivity index (χ3v) is 13.7. The highest BCUT2D eigenvalue weighted by Gasteiger charge is 2.69. The monoisotopic (exact) mass is 722 g/mol. The van der Waals surface area contributed by atoms with Gasteiger partial charge >= 0.3 is 4.87 Å². The topological polar surface area (TPSA) is 169 Å². The summed E-state index contributed by atoms with van der Waals surface area (Å²) in [4.78, 5) is 58.4. The number of para-hydroxylation sites is 1. The van der Waals surface area contributed by atoms with Crippen LogP contribution in [0.5, 0.6) is 5.75 Å². The van der Waals surface area contributed by atoms with Crippen LogP contribution in [0.3, 0.4) is 0 Å². The number of hydrogen-bond donors (Lipinski definition) is 3.